The van der Waals surface area contributed by atoms with E-state index in [4.69, 9.17) is 0 Å². The fourth-order valence-electron chi connectivity index (χ4n) is 4.74. The number of hydrogen-bond donors (Lipinski definition) is 2. The summed E-state index contributed by atoms with van der Waals surface area (Å²) in [4.78, 5) is 13.3. The Kier molecular flexibility index (Phi) is 3.06. The number of rotatable bonds is 0. The highest BCUT2D eigenvalue weighted by Crippen LogP contribution is 2.45. The predicted octanol–water partition coefficient (Wildman–Crippen LogP) is 4.27. The molecule has 2 heterocycles. The first kappa shape index (κ1) is 15.0. The third-order valence-electron chi connectivity index (χ3n) is 6.20. The molecular formula is C22H24N2O. The van der Waals surface area contributed by atoms with Gasteiger partial charge in [0.15, 0.2) is 5.78 Å². The van der Waals surface area contributed by atoms with E-state index < -0.39 is 0 Å². The van der Waals surface area contributed by atoms with Crippen LogP contribution in [0.25, 0.3) is 0 Å². The molecule has 0 bridgehead atoms. The zero-order chi connectivity index (χ0) is 17.2. The van der Waals surface area contributed by atoms with Crippen molar-refractivity contribution in [2.75, 3.05) is 23.7 Å². The Labute approximate surface area is 148 Å². The zero-order valence-corrected chi connectivity index (χ0v) is 15.0. The quantitative estimate of drug-likeness (QED) is 0.757. The van der Waals surface area contributed by atoms with Gasteiger partial charge in [-0.2, -0.15) is 0 Å². The molecule has 0 fully saturated rings. The number of carbonyl (C=O) groups is 1. The summed E-state index contributed by atoms with van der Waals surface area (Å²) in [5, 5.41) is 7.03. The Morgan fingerprint density at radius 3 is 1.76 bits per heavy atom. The molecule has 0 amide bonds. The van der Waals surface area contributed by atoms with Gasteiger partial charge in [-0.1, -0.05) is 13.8 Å². The van der Waals surface area contributed by atoms with Crippen LogP contribution >= 0.6 is 0 Å². The maximum atomic E-state index is 13.3. The van der Waals surface area contributed by atoms with E-state index in [1.54, 1.807) is 0 Å². The first-order valence-electron chi connectivity index (χ1n) is 9.43. The minimum atomic E-state index is -0.166. The monoisotopic (exact) mass is 332 g/mol. The minimum Gasteiger partial charge on any atom is -0.385 e. The third kappa shape index (κ3) is 2.08. The van der Waals surface area contributed by atoms with Gasteiger partial charge < -0.3 is 10.6 Å². The van der Waals surface area contributed by atoms with Gasteiger partial charge in [-0.3, -0.25) is 4.79 Å². The van der Waals surface area contributed by atoms with Crippen molar-refractivity contribution in [3.63, 3.8) is 0 Å². The van der Waals surface area contributed by atoms with Crippen LogP contribution in [0.2, 0.25) is 0 Å². The van der Waals surface area contributed by atoms with Crippen LogP contribution in [0.5, 0.6) is 0 Å². The topological polar surface area (TPSA) is 41.1 Å². The highest BCUT2D eigenvalue weighted by Gasteiger charge is 2.38. The second-order valence-corrected chi connectivity index (χ2v) is 8.12. The van der Waals surface area contributed by atoms with E-state index in [0.717, 1.165) is 61.0 Å². The Hall–Kier alpha value is -2.29. The van der Waals surface area contributed by atoms with Crippen LogP contribution in [-0.4, -0.2) is 18.9 Å². The van der Waals surface area contributed by atoms with Crippen LogP contribution in [0.4, 0.5) is 11.4 Å². The van der Waals surface area contributed by atoms with Gasteiger partial charge in [0, 0.05) is 41.0 Å². The highest BCUT2D eigenvalue weighted by atomic mass is 16.1. The summed E-state index contributed by atoms with van der Waals surface area (Å²) in [7, 11) is 0. The third-order valence-corrected chi connectivity index (χ3v) is 6.20. The van der Waals surface area contributed by atoms with Gasteiger partial charge >= 0.3 is 0 Å². The average Bonchev–Trinajstić information content (AvgIpc) is 2.64. The van der Waals surface area contributed by atoms with E-state index in [0.29, 0.717) is 0 Å². The maximum absolute atomic E-state index is 13.3. The highest BCUT2D eigenvalue weighted by molar-refractivity contribution is 6.14. The summed E-state index contributed by atoms with van der Waals surface area (Å²) in [6.45, 7) is 6.55. The van der Waals surface area contributed by atoms with Crippen molar-refractivity contribution >= 4 is 17.2 Å². The molecule has 3 aliphatic rings. The van der Waals surface area contributed by atoms with E-state index in [9.17, 15) is 4.79 Å². The molecule has 3 heteroatoms. The molecule has 2 N–H and O–H groups in total. The van der Waals surface area contributed by atoms with Gasteiger partial charge in [0.25, 0.3) is 0 Å². The Morgan fingerprint density at radius 2 is 1.28 bits per heavy atom. The smallest absolute Gasteiger partial charge is 0.193 e. The fourth-order valence-corrected chi connectivity index (χ4v) is 4.74. The van der Waals surface area contributed by atoms with E-state index in [1.165, 1.54) is 22.5 Å². The lowest BCUT2D eigenvalue weighted by Gasteiger charge is -2.37. The van der Waals surface area contributed by atoms with Crippen molar-refractivity contribution in [2.24, 2.45) is 0 Å². The van der Waals surface area contributed by atoms with Crippen molar-refractivity contribution < 1.29 is 4.79 Å². The molecule has 1 aliphatic carbocycles. The molecule has 0 saturated heterocycles. The summed E-state index contributed by atoms with van der Waals surface area (Å²) >= 11 is 0. The number of aryl methyl sites for hydroxylation is 2. The standard InChI is InChI=1S/C22H24N2O/c1-22(2)17-11-19-13(5-3-7-23-19)9-15(17)21(25)16-10-14-6-4-8-24-20(14)12-18(16)22/h9-12,23-24H,3-8H2,1-2H3. The Bertz CT molecular complexity index is 839. The largest absolute Gasteiger partial charge is 0.385 e. The van der Waals surface area contributed by atoms with Gasteiger partial charge in [0.2, 0.25) is 0 Å². The molecule has 0 unspecified atom stereocenters. The Morgan fingerprint density at radius 1 is 0.800 bits per heavy atom. The molecule has 0 aromatic heterocycles. The van der Waals surface area contributed by atoms with Crippen LogP contribution in [-0.2, 0) is 18.3 Å². The first-order valence-corrected chi connectivity index (χ1v) is 9.43. The molecule has 0 spiro atoms. The summed E-state index contributed by atoms with van der Waals surface area (Å²) < 4.78 is 0. The van der Waals surface area contributed by atoms with Gasteiger partial charge in [-0.15, -0.1) is 0 Å². The number of carbonyl (C=O) groups excluding carboxylic acids is 1. The van der Waals surface area contributed by atoms with E-state index in [1.807, 2.05) is 0 Å². The number of fused-ring (bicyclic) bond motifs is 4. The zero-order valence-electron chi connectivity index (χ0n) is 15.0. The van der Waals surface area contributed by atoms with Gasteiger partial charge in [-0.25, -0.2) is 0 Å². The van der Waals surface area contributed by atoms with Crippen molar-refractivity contribution in [2.45, 2.75) is 44.9 Å². The summed E-state index contributed by atoms with van der Waals surface area (Å²) in [5.74, 6) is 0.200. The van der Waals surface area contributed by atoms with Crippen LogP contribution < -0.4 is 10.6 Å². The number of nitrogens with one attached hydrogen (secondary N) is 2. The molecule has 5 rings (SSSR count). The van der Waals surface area contributed by atoms with Gasteiger partial charge in [0.1, 0.15) is 0 Å². The number of anilines is 2. The van der Waals surface area contributed by atoms with Crippen LogP contribution in [0.3, 0.4) is 0 Å². The SMILES string of the molecule is CC1(C)c2cc3c(cc2C(=O)c2cc4c(cc21)NCCC4)CCCN3. The van der Waals surface area contributed by atoms with Crippen molar-refractivity contribution in [3.8, 4) is 0 Å². The number of benzene rings is 2. The van der Waals surface area contributed by atoms with Crippen LogP contribution in [0.15, 0.2) is 24.3 Å². The molecule has 3 nitrogen and oxygen atoms in total. The van der Waals surface area contributed by atoms with Crippen LogP contribution in [0, 0.1) is 0 Å². The number of hydrogen-bond acceptors (Lipinski definition) is 3. The van der Waals surface area contributed by atoms with E-state index in [-0.39, 0.29) is 11.2 Å². The summed E-state index contributed by atoms with van der Waals surface area (Å²) in [6.07, 6.45) is 4.40. The van der Waals surface area contributed by atoms with Gasteiger partial charge in [-0.05, 0) is 72.2 Å². The number of ketones is 1. The molecule has 0 saturated carbocycles. The molecule has 2 aromatic carbocycles. The van der Waals surface area contributed by atoms with Crippen LogP contribution in [0.1, 0.15) is 64.9 Å². The lowest BCUT2D eigenvalue weighted by Crippen LogP contribution is -2.32. The summed E-state index contributed by atoms with van der Waals surface area (Å²) in [5.41, 5.74) is 8.97. The molecule has 2 aliphatic heterocycles. The first-order chi connectivity index (χ1) is 12.1. The second kappa shape index (κ2) is 5.10. The molecular weight excluding hydrogens is 308 g/mol. The van der Waals surface area contributed by atoms with Crippen molar-refractivity contribution in [3.05, 3.63) is 57.6 Å². The van der Waals surface area contributed by atoms with E-state index in [2.05, 4.69) is 48.7 Å². The molecule has 128 valence electrons. The minimum absolute atomic E-state index is 0.166. The van der Waals surface area contributed by atoms with Crippen molar-refractivity contribution in [1.29, 1.82) is 0 Å². The maximum Gasteiger partial charge on any atom is 0.193 e. The lowest BCUT2D eigenvalue weighted by atomic mass is 9.67. The molecule has 25 heavy (non-hydrogen) atoms. The normalized spacial score (nSPS) is 19.7. The lowest BCUT2D eigenvalue weighted by molar-refractivity contribution is 0.103. The average molecular weight is 332 g/mol. The van der Waals surface area contributed by atoms with Crippen molar-refractivity contribution in [1.82, 2.24) is 0 Å². The van der Waals surface area contributed by atoms with Gasteiger partial charge in [0.05, 0.1) is 0 Å². The predicted molar refractivity (Wildman–Crippen MR) is 102 cm³/mol. The molecule has 2 aromatic rings. The Balaban J connectivity index is 1.75. The molecule has 0 radical (unpaired) electrons. The second-order valence-electron chi connectivity index (χ2n) is 8.12. The van der Waals surface area contributed by atoms with E-state index >= 15 is 0 Å². The fraction of sp³-hybridized carbons (Fsp3) is 0.409. The molecule has 0 atom stereocenters. The summed E-state index contributed by atoms with van der Waals surface area (Å²) in [6, 6.07) is 8.78.